The van der Waals surface area contributed by atoms with Gasteiger partial charge in [-0.1, -0.05) is 6.07 Å². The van der Waals surface area contributed by atoms with Gasteiger partial charge in [-0.15, -0.1) is 0 Å². The Hall–Kier alpha value is -2.74. The van der Waals surface area contributed by atoms with Gasteiger partial charge in [0, 0.05) is 23.6 Å². The predicted octanol–water partition coefficient (Wildman–Crippen LogP) is 0.292. The first-order valence-electron chi connectivity index (χ1n) is 8.02. The summed E-state index contributed by atoms with van der Waals surface area (Å²) in [5.74, 6) is -1.78. The number of nitrogens with zero attached hydrogens (tertiary/aromatic N) is 1. The number of aliphatic hydroxyl groups is 1. The minimum absolute atomic E-state index is 0.124. The Bertz CT molecular complexity index is 788. The molecular formula is C17H19N3O5. The van der Waals surface area contributed by atoms with E-state index in [-0.39, 0.29) is 25.5 Å². The molecule has 0 saturated carbocycles. The van der Waals surface area contributed by atoms with Crippen LogP contribution in [0.15, 0.2) is 23.3 Å². The van der Waals surface area contributed by atoms with Crippen molar-refractivity contribution in [1.29, 1.82) is 0 Å². The minimum atomic E-state index is -1.45. The van der Waals surface area contributed by atoms with E-state index >= 15 is 0 Å². The van der Waals surface area contributed by atoms with Gasteiger partial charge in [0.2, 0.25) is 11.8 Å². The smallest absolute Gasteiger partial charge is 0.326 e. The highest BCUT2D eigenvalue weighted by Gasteiger charge is 2.50. The number of hydrogen-bond donors (Lipinski definition) is 3. The van der Waals surface area contributed by atoms with Crippen LogP contribution in [0.5, 0.6) is 0 Å². The molecule has 2 amide bonds. The van der Waals surface area contributed by atoms with Crippen LogP contribution in [0.1, 0.15) is 31.4 Å². The summed E-state index contributed by atoms with van der Waals surface area (Å²) >= 11 is 0. The zero-order valence-corrected chi connectivity index (χ0v) is 14.0. The van der Waals surface area contributed by atoms with Crippen molar-refractivity contribution in [3.8, 4) is 0 Å². The zero-order valence-electron chi connectivity index (χ0n) is 14.0. The number of anilines is 1. The van der Waals surface area contributed by atoms with Gasteiger partial charge in [0.1, 0.15) is 0 Å². The fraction of sp³-hybridized carbons (Fsp3) is 0.412. The lowest BCUT2D eigenvalue weighted by molar-refractivity contribution is -0.152. The Morgan fingerprint density at radius 1 is 1.44 bits per heavy atom. The Morgan fingerprint density at radius 3 is 2.88 bits per heavy atom. The molecule has 0 aromatic heterocycles. The number of nitrogens with one attached hydrogen (secondary N) is 2. The summed E-state index contributed by atoms with van der Waals surface area (Å²) in [4.78, 5) is 36.2. The first kappa shape index (κ1) is 17.1. The van der Waals surface area contributed by atoms with Crippen LogP contribution in [-0.2, 0) is 24.5 Å². The number of hydrazone groups is 1. The van der Waals surface area contributed by atoms with Gasteiger partial charge in [-0.25, -0.2) is 5.43 Å². The quantitative estimate of drug-likeness (QED) is 0.536. The van der Waals surface area contributed by atoms with Crippen LogP contribution >= 0.6 is 0 Å². The number of carbonyl (C=O) groups excluding carboxylic acids is 3. The molecule has 25 heavy (non-hydrogen) atoms. The number of fused-ring (bicyclic) bond motifs is 1. The van der Waals surface area contributed by atoms with Crippen LogP contribution in [-0.4, -0.2) is 41.8 Å². The van der Waals surface area contributed by atoms with E-state index in [1.54, 1.807) is 25.1 Å². The predicted molar refractivity (Wildman–Crippen MR) is 88.9 cm³/mol. The number of carbonyl (C=O) groups is 3. The first-order valence-corrected chi connectivity index (χ1v) is 8.02. The average Bonchev–Trinajstić information content (AvgIpc) is 2.86. The van der Waals surface area contributed by atoms with E-state index in [0.29, 0.717) is 22.5 Å². The number of hydrogen-bond acceptors (Lipinski definition) is 6. The molecule has 8 heteroatoms. The van der Waals surface area contributed by atoms with Crippen molar-refractivity contribution in [3.63, 3.8) is 0 Å². The molecule has 3 N–H and O–H groups in total. The lowest BCUT2D eigenvalue weighted by atomic mass is 9.81. The largest absolute Gasteiger partial charge is 0.465 e. The van der Waals surface area contributed by atoms with E-state index < -0.39 is 23.2 Å². The Balaban J connectivity index is 2.05. The normalized spacial score (nSPS) is 24.9. The van der Waals surface area contributed by atoms with Crippen LogP contribution in [0.3, 0.4) is 0 Å². The van der Waals surface area contributed by atoms with Crippen molar-refractivity contribution in [2.45, 2.75) is 25.7 Å². The van der Waals surface area contributed by atoms with Crippen LogP contribution < -0.4 is 10.7 Å². The van der Waals surface area contributed by atoms with Gasteiger partial charge >= 0.3 is 5.97 Å². The number of aliphatic hydroxyl groups excluding tert-OH is 1. The van der Waals surface area contributed by atoms with Crippen LogP contribution in [0.25, 0.3) is 0 Å². The average molecular weight is 345 g/mol. The fourth-order valence-corrected chi connectivity index (χ4v) is 3.11. The maximum absolute atomic E-state index is 12.4. The lowest BCUT2D eigenvalue weighted by Gasteiger charge is -2.23. The lowest BCUT2D eigenvalue weighted by Crippen LogP contribution is -2.41. The van der Waals surface area contributed by atoms with Gasteiger partial charge in [0.05, 0.1) is 18.9 Å². The molecule has 2 atom stereocenters. The van der Waals surface area contributed by atoms with Crippen molar-refractivity contribution < 1.29 is 24.2 Å². The number of benzene rings is 1. The number of ether oxygens (including phenoxy) is 1. The standard InChI is InChI=1S/C17H19N3O5/c1-3-25-16(24)17(2)11-6-9(4-5-12(11)18-15(17)23)14-10(8-21)7-13(22)19-20-14/h4-6,10,21H,3,7-8H2,1-2H3,(H,18,23)(H,19,22). The van der Waals surface area contributed by atoms with E-state index in [1.165, 1.54) is 6.92 Å². The first-order chi connectivity index (χ1) is 11.9. The molecule has 132 valence electrons. The van der Waals surface area contributed by atoms with Crippen LogP contribution in [0.2, 0.25) is 0 Å². The zero-order chi connectivity index (χ0) is 18.2. The van der Waals surface area contributed by atoms with E-state index in [9.17, 15) is 19.5 Å². The van der Waals surface area contributed by atoms with E-state index in [0.717, 1.165) is 0 Å². The highest BCUT2D eigenvalue weighted by atomic mass is 16.5. The molecule has 0 bridgehead atoms. The molecule has 1 aromatic carbocycles. The summed E-state index contributed by atoms with van der Waals surface area (Å²) in [5, 5.41) is 16.3. The maximum atomic E-state index is 12.4. The Kier molecular flexibility index (Phi) is 4.30. The molecule has 0 spiro atoms. The number of rotatable bonds is 4. The number of amides is 2. The maximum Gasteiger partial charge on any atom is 0.326 e. The molecule has 0 aliphatic carbocycles. The Labute approximate surface area is 144 Å². The molecule has 2 unspecified atom stereocenters. The summed E-state index contributed by atoms with van der Waals surface area (Å²) in [6.07, 6.45) is 0.124. The van der Waals surface area contributed by atoms with Crippen molar-refractivity contribution >= 4 is 29.2 Å². The third kappa shape index (κ3) is 2.68. The molecule has 0 fully saturated rings. The van der Waals surface area contributed by atoms with Gasteiger partial charge < -0.3 is 15.2 Å². The van der Waals surface area contributed by atoms with Gasteiger partial charge in [-0.05, 0) is 31.5 Å². The second kappa shape index (κ2) is 6.29. The third-order valence-corrected chi connectivity index (χ3v) is 4.58. The van der Waals surface area contributed by atoms with E-state index in [2.05, 4.69) is 15.8 Å². The van der Waals surface area contributed by atoms with Crippen molar-refractivity contribution in [2.75, 3.05) is 18.5 Å². The molecule has 1 aromatic rings. The molecule has 0 radical (unpaired) electrons. The van der Waals surface area contributed by atoms with Gasteiger partial charge in [0.15, 0.2) is 5.41 Å². The third-order valence-electron chi connectivity index (χ3n) is 4.58. The summed E-state index contributed by atoms with van der Waals surface area (Å²) in [7, 11) is 0. The van der Waals surface area contributed by atoms with Crippen LogP contribution in [0.4, 0.5) is 5.69 Å². The molecular weight excluding hydrogens is 326 g/mol. The second-order valence-electron chi connectivity index (χ2n) is 6.18. The van der Waals surface area contributed by atoms with Gasteiger partial charge in [-0.2, -0.15) is 5.10 Å². The molecule has 0 saturated heterocycles. The van der Waals surface area contributed by atoms with Crippen molar-refractivity contribution in [1.82, 2.24) is 5.43 Å². The SMILES string of the molecule is CCOC(=O)C1(C)C(=O)Nc2ccc(C3=NNC(=O)CC3CO)cc21. The number of esters is 1. The summed E-state index contributed by atoms with van der Waals surface area (Å²) in [6.45, 7) is 3.14. The fourth-order valence-electron chi connectivity index (χ4n) is 3.11. The minimum Gasteiger partial charge on any atom is -0.465 e. The highest BCUT2D eigenvalue weighted by Crippen LogP contribution is 2.39. The van der Waals surface area contributed by atoms with E-state index in [4.69, 9.17) is 4.74 Å². The highest BCUT2D eigenvalue weighted by molar-refractivity contribution is 6.19. The van der Waals surface area contributed by atoms with Crippen molar-refractivity contribution in [3.05, 3.63) is 29.3 Å². The molecule has 2 aliphatic heterocycles. The molecule has 2 aliphatic rings. The topological polar surface area (TPSA) is 117 Å². The van der Waals surface area contributed by atoms with Gasteiger partial charge in [-0.3, -0.25) is 14.4 Å². The molecule has 8 nitrogen and oxygen atoms in total. The second-order valence-corrected chi connectivity index (χ2v) is 6.18. The van der Waals surface area contributed by atoms with E-state index in [1.807, 2.05) is 0 Å². The Morgan fingerprint density at radius 2 is 2.20 bits per heavy atom. The summed E-state index contributed by atoms with van der Waals surface area (Å²) < 4.78 is 5.07. The monoisotopic (exact) mass is 345 g/mol. The molecule has 3 rings (SSSR count). The molecule has 2 heterocycles. The summed E-state index contributed by atoms with van der Waals surface area (Å²) in [6, 6.07) is 5.10. The van der Waals surface area contributed by atoms with Crippen LogP contribution in [0, 0.1) is 5.92 Å². The van der Waals surface area contributed by atoms with Gasteiger partial charge in [0.25, 0.3) is 0 Å². The summed E-state index contributed by atoms with van der Waals surface area (Å²) in [5.41, 5.74) is 3.11. The van der Waals surface area contributed by atoms with Crippen molar-refractivity contribution in [2.24, 2.45) is 11.0 Å².